The molecule has 0 radical (unpaired) electrons. The Balaban J connectivity index is 2.28. The van der Waals surface area contributed by atoms with Gasteiger partial charge in [-0.2, -0.15) is 0 Å². The Hall–Kier alpha value is -2.24. The predicted molar refractivity (Wildman–Crippen MR) is 110 cm³/mol. The summed E-state index contributed by atoms with van der Waals surface area (Å²) in [6.45, 7) is 7.81. The number of methoxy groups -OCH3 is 2. The van der Waals surface area contributed by atoms with Crippen LogP contribution in [0.25, 0.3) is 0 Å². The van der Waals surface area contributed by atoms with E-state index in [1.54, 1.807) is 14.2 Å². The number of carbonyl (C=O) groups excluding carboxylic acids is 2. The normalized spacial score (nSPS) is 19.0. The lowest BCUT2D eigenvalue weighted by Gasteiger charge is -2.21. The molecule has 0 aromatic heterocycles. The summed E-state index contributed by atoms with van der Waals surface area (Å²) < 4.78 is 10.9. The monoisotopic (exact) mass is 390 g/mol. The van der Waals surface area contributed by atoms with Crippen LogP contribution in [0.15, 0.2) is 18.2 Å². The molecule has 1 aliphatic rings. The Morgan fingerprint density at radius 2 is 1.96 bits per heavy atom. The Bertz CT molecular complexity index is 675. The summed E-state index contributed by atoms with van der Waals surface area (Å²) in [5.41, 5.74) is 0.943. The minimum Gasteiger partial charge on any atom is -0.497 e. The first kappa shape index (κ1) is 22.1. The van der Waals surface area contributed by atoms with E-state index in [0.29, 0.717) is 43.5 Å². The van der Waals surface area contributed by atoms with Crippen molar-refractivity contribution in [2.75, 3.05) is 33.9 Å². The highest BCUT2D eigenvalue weighted by Gasteiger charge is 2.41. The Morgan fingerprint density at radius 1 is 1.21 bits per heavy atom. The lowest BCUT2D eigenvalue weighted by atomic mass is 9.87. The fraction of sp³-hybridized carbons (Fsp3) is 0.636. The second kappa shape index (κ2) is 10.3. The molecule has 0 bridgehead atoms. The molecule has 28 heavy (non-hydrogen) atoms. The van der Waals surface area contributed by atoms with Gasteiger partial charge in [-0.1, -0.05) is 33.3 Å². The molecule has 1 N–H and O–H groups in total. The fourth-order valence-corrected chi connectivity index (χ4v) is 3.71. The van der Waals surface area contributed by atoms with Crippen LogP contribution in [0.1, 0.15) is 51.5 Å². The average Bonchev–Trinajstić information content (AvgIpc) is 3.12. The Kier molecular flexibility index (Phi) is 8.15. The van der Waals surface area contributed by atoms with E-state index in [1.807, 2.05) is 36.9 Å². The van der Waals surface area contributed by atoms with E-state index in [0.717, 1.165) is 18.4 Å². The molecule has 6 nitrogen and oxygen atoms in total. The third-order valence-electron chi connectivity index (χ3n) is 5.26. The summed E-state index contributed by atoms with van der Waals surface area (Å²) in [6.07, 6.45) is 2.47. The standard InChI is InChI=1S/C22H34N2O4/c1-6-7-10-23-22(26)19-14-24(21(25)11-15(2)3)13-18(19)17-9-8-16(27-4)12-20(17)28-5/h8-9,12,15,18-19H,6-7,10-11,13-14H2,1-5H3,(H,23,26). The second-order valence-electron chi connectivity index (χ2n) is 7.86. The minimum absolute atomic E-state index is 0.0103. The van der Waals surface area contributed by atoms with Gasteiger partial charge < -0.3 is 19.7 Å². The summed E-state index contributed by atoms with van der Waals surface area (Å²) in [5, 5.41) is 3.04. The molecule has 0 saturated carbocycles. The van der Waals surface area contributed by atoms with Crippen LogP contribution in [-0.4, -0.2) is 50.6 Å². The number of amides is 2. The van der Waals surface area contributed by atoms with E-state index in [2.05, 4.69) is 12.2 Å². The predicted octanol–water partition coefficient (Wildman–Crippen LogP) is 3.21. The number of unbranched alkanes of at least 4 members (excludes halogenated alkanes) is 1. The fourth-order valence-electron chi connectivity index (χ4n) is 3.71. The molecule has 2 unspecified atom stereocenters. The van der Waals surface area contributed by atoms with Crippen molar-refractivity contribution in [1.82, 2.24) is 10.2 Å². The second-order valence-corrected chi connectivity index (χ2v) is 7.86. The lowest BCUT2D eigenvalue weighted by Crippen LogP contribution is -2.36. The zero-order valence-electron chi connectivity index (χ0n) is 17.8. The van der Waals surface area contributed by atoms with Gasteiger partial charge in [-0.25, -0.2) is 0 Å². The van der Waals surface area contributed by atoms with Crippen molar-refractivity contribution in [3.05, 3.63) is 23.8 Å². The average molecular weight is 391 g/mol. The van der Waals surface area contributed by atoms with E-state index in [9.17, 15) is 9.59 Å². The summed E-state index contributed by atoms with van der Waals surface area (Å²) in [5.74, 6) is 1.42. The highest BCUT2D eigenvalue weighted by atomic mass is 16.5. The van der Waals surface area contributed by atoms with Crippen molar-refractivity contribution in [2.24, 2.45) is 11.8 Å². The molecular weight excluding hydrogens is 356 g/mol. The van der Waals surface area contributed by atoms with Crippen molar-refractivity contribution >= 4 is 11.8 Å². The number of nitrogens with one attached hydrogen (secondary N) is 1. The van der Waals surface area contributed by atoms with Gasteiger partial charge in [0.2, 0.25) is 11.8 Å². The molecule has 156 valence electrons. The Labute approximate surface area is 168 Å². The molecule has 1 aromatic rings. The van der Waals surface area contributed by atoms with Crippen LogP contribution in [0, 0.1) is 11.8 Å². The van der Waals surface area contributed by atoms with Gasteiger partial charge >= 0.3 is 0 Å². The van der Waals surface area contributed by atoms with Gasteiger partial charge in [-0.05, 0) is 18.4 Å². The van der Waals surface area contributed by atoms with Gasteiger partial charge in [-0.15, -0.1) is 0 Å². The molecule has 0 spiro atoms. The first-order chi connectivity index (χ1) is 13.4. The number of hydrogen-bond acceptors (Lipinski definition) is 4. The molecule has 2 atom stereocenters. The highest BCUT2D eigenvalue weighted by Crippen LogP contribution is 2.39. The van der Waals surface area contributed by atoms with Gasteiger partial charge in [0.15, 0.2) is 0 Å². The van der Waals surface area contributed by atoms with Crippen molar-refractivity contribution < 1.29 is 19.1 Å². The van der Waals surface area contributed by atoms with Crippen LogP contribution >= 0.6 is 0 Å². The van der Waals surface area contributed by atoms with Crippen molar-refractivity contribution in [3.8, 4) is 11.5 Å². The molecular formula is C22H34N2O4. The van der Waals surface area contributed by atoms with Gasteiger partial charge in [0.25, 0.3) is 0 Å². The molecule has 1 fully saturated rings. The minimum atomic E-state index is -0.282. The smallest absolute Gasteiger partial charge is 0.225 e. The highest BCUT2D eigenvalue weighted by molar-refractivity contribution is 5.83. The van der Waals surface area contributed by atoms with Gasteiger partial charge in [0.1, 0.15) is 11.5 Å². The number of nitrogens with zero attached hydrogens (tertiary/aromatic N) is 1. The summed E-state index contributed by atoms with van der Waals surface area (Å²) >= 11 is 0. The summed E-state index contributed by atoms with van der Waals surface area (Å²) in [4.78, 5) is 27.4. The number of carbonyl (C=O) groups is 2. The van der Waals surface area contributed by atoms with Crippen LogP contribution in [-0.2, 0) is 9.59 Å². The zero-order valence-corrected chi connectivity index (χ0v) is 17.8. The summed E-state index contributed by atoms with van der Waals surface area (Å²) in [7, 11) is 3.23. The van der Waals surface area contributed by atoms with E-state index in [1.165, 1.54) is 0 Å². The molecule has 1 aliphatic heterocycles. The number of rotatable bonds is 9. The van der Waals surface area contributed by atoms with E-state index < -0.39 is 0 Å². The van der Waals surface area contributed by atoms with Gasteiger partial charge in [0.05, 0.1) is 20.1 Å². The van der Waals surface area contributed by atoms with Gasteiger partial charge in [-0.3, -0.25) is 9.59 Å². The van der Waals surface area contributed by atoms with Crippen molar-refractivity contribution in [2.45, 2.75) is 46.0 Å². The lowest BCUT2D eigenvalue weighted by molar-refractivity contribution is -0.131. The van der Waals surface area contributed by atoms with Crippen molar-refractivity contribution in [1.29, 1.82) is 0 Å². The van der Waals surface area contributed by atoms with Crippen molar-refractivity contribution in [3.63, 3.8) is 0 Å². The number of likely N-dealkylation sites (tertiary alicyclic amines) is 1. The topological polar surface area (TPSA) is 67.9 Å². The molecule has 6 heteroatoms. The first-order valence-corrected chi connectivity index (χ1v) is 10.2. The van der Waals surface area contributed by atoms with Crippen LogP contribution in [0.4, 0.5) is 0 Å². The van der Waals surface area contributed by atoms with Crippen LogP contribution in [0.2, 0.25) is 0 Å². The SMILES string of the molecule is CCCCNC(=O)C1CN(C(=O)CC(C)C)CC1c1ccc(OC)cc1OC. The summed E-state index contributed by atoms with van der Waals surface area (Å²) in [6, 6.07) is 5.66. The van der Waals surface area contributed by atoms with Crippen LogP contribution in [0.3, 0.4) is 0 Å². The number of benzene rings is 1. The molecule has 0 aliphatic carbocycles. The molecule has 2 amide bonds. The van der Waals surface area contributed by atoms with Crippen LogP contribution in [0.5, 0.6) is 11.5 Å². The quantitative estimate of drug-likeness (QED) is 0.658. The van der Waals surface area contributed by atoms with E-state index in [4.69, 9.17) is 9.47 Å². The van der Waals surface area contributed by atoms with E-state index >= 15 is 0 Å². The third kappa shape index (κ3) is 5.40. The maximum Gasteiger partial charge on any atom is 0.225 e. The van der Waals surface area contributed by atoms with Crippen LogP contribution < -0.4 is 14.8 Å². The largest absolute Gasteiger partial charge is 0.497 e. The molecule has 1 aromatic carbocycles. The maximum absolute atomic E-state index is 12.9. The number of ether oxygens (including phenoxy) is 2. The molecule has 1 saturated heterocycles. The third-order valence-corrected chi connectivity index (χ3v) is 5.26. The first-order valence-electron chi connectivity index (χ1n) is 10.2. The van der Waals surface area contributed by atoms with Gasteiger partial charge in [0, 0.05) is 43.6 Å². The maximum atomic E-state index is 12.9. The Morgan fingerprint density at radius 3 is 2.57 bits per heavy atom. The molecule has 1 heterocycles. The van der Waals surface area contributed by atoms with E-state index in [-0.39, 0.29) is 23.7 Å². The number of hydrogen-bond donors (Lipinski definition) is 1. The molecule has 2 rings (SSSR count). The zero-order chi connectivity index (χ0) is 20.7.